The molecule has 2 nitrogen and oxygen atoms in total. The van der Waals surface area contributed by atoms with E-state index in [9.17, 15) is 4.79 Å². The van der Waals surface area contributed by atoms with Crippen LogP contribution < -0.4 is 0 Å². The summed E-state index contributed by atoms with van der Waals surface area (Å²) in [6.07, 6.45) is 7.72. The van der Waals surface area contributed by atoms with Gasteiger partial charge in [0.25, 0.3) is 0 Å². The number of rotatable bonds is 2. The summed E-state index contributed by atoms with van der Waals surface area (Å²) >= 11 is 0. The Morgan fingerprint density at radius 3 is 3.00 bits per heavy atom. The standard InChI is InChI=1S/C8H12O2/c9-8(10)6-7-4-2-1-3-5-7/h2,4,7H,1,3,5-6H2,(H,9,10)/t7-/m0/s1. The van der Waals surface area contributed by atoms with E-state index in [2.05, 4.69) is 6.08 Å². The van der Waals surface area contributed by atoms with Gasteiger partial charge in [-0.2, -0.15) is 0 Å². The fraction of sp³-hybridized carbons (Fsp3) is 0.625. The largest absolute Gasteiger partial charge is 0.481 e. The van der Waals surface area contributed by atoms with E-state index in [-0.39, 0.29) is 0 Å². The fourth-order valence-electron chi connectivity index (χ4n) is 1.28. The third-order valence-electron chi connectivity index (χ3n) is 1.79. The number of allylic oxidation sites excluding steroid dienone is 2. The summed E-state index contributed by atoms with van der Waals surface area (Å²) in [7, 11) is 0. The van der Waals surface area contributed by atoms with Crippen LogP contribution in [0.4, 0.5) is 0 Å². The van der Waals surface area contributed by atoms with E-state index in [1.54, 1.807) is 0 Å². The molecular weight excluding hydrogens is 128 g/mol. The summed E-state index contributed by atoms with van der Waals surface area (Å²) < 4.78 is 0. The van der Waals surface area contributed by atoms with Crippen molar-refractivity contribution in [3.63, 3.8) is 0 Å². The van der Waals surface area contributed by atoms with Crippen LogP contribution in [0.15, 0.2) is 12.2 Å². The van der Waals surface area contributed by atoms with E-state index >= 15 is 0 Å². The van der Waals surface area contributed by atoms with E-state index in [4.69, 9.17) is 5.11 Å². The number of carbonyl (C=O) groups is 1. The zero-order valence-corrected chi connectivity index (χ0v) is 5.92. The Labute approximate surface area is 60.6 Å². The van der Waals surface area contributed by atoms with Crippen molar-refractivity contribution in [2.24, 2.45) is 5.92 Å². The normalized spacial score (nSPS) is 24.6. The number of hydrogen-bond donors (Lipinski definition) is 1. The predicted molar refractivity (Wildman–Crippen MR) is 38.7 cm³/mol. The van der Waals surface area contributed by atoms with Gasteiger partial charge in [-0.25, -0.2) is 0 Å². The van der Waals surface area contributed by atoms with Crippen molar-refractivity contribution in [3.8, 4) is 0 Å². The van der Waals surface area contributed by atoms with Crippen LogP contribution >= 0.6 is 0 Å². The average Bonchev–Trinajstić information content (AvgIpc) is 1.88. The molecule has 0 spiro atoms. The lowest BCUT2D eigenvalue weighted by molar-refractivity contribution is -0.137. The predicted octanol–water partition coefficient (Wildman–Crippen LogP) is 1.82. The monoisotopic (exact) mass is 140 g/mol. The molecule has 1 rings (SSSR count). The zero-order chi connectivity index (χ0) is 7.40. The molecule has 0 saturated heterocycles. The molecule has 0 fully saturated rings. The third kappa shape index (κ3) is 2.21. The second-order valence-corrected chi connectivity index (χ2v) is 2.72. The van der Waals surface area contributed by atoms with E-state index in [0.717, 1.165) is 19.3 Å². The van der Waals surface area contributed by atoms with Crippen LogP contribution in [-0.2, 0) is 4.79 Å². The molecule has 0 unspecified atom stereocenters. The molecule has 0 aliphatic heterocycles. The number of carboxylic acid groups (broad SMARTS) is 1. The third-order valence-corrected chi connectivity index (χ3v) is 1.79. The average molecular weight is 140 g/mol. The highest BCUT2D eigenvalue weighted by atomic mass is 16.4. The summed E-state index contributed by atoms with van der Waals surface area (Å²) in [6, 6.07) is 0. The van der Waals surface area contributed by atoms with Crippen molar-refractivity contribution in [1.82, 2.24) is 0 Å². The van der Waals surface area contributed by atoms with Crippen LogP contribution in [-0.4, -0.2) is 11.1 Å². The number of aliphatic carboxylic acids is 1. The van der Waals surface area contributed by atoms with Crippen molar-refractivity contribution in [3.05, 3.63) is 12.2 Å². The SMILES string of the molecule is O=C(O)C[C@H]1C=CCCC1. The Hall–Kier alpha value is -0.790. The van der Waals surface area contributed by atoms with Gasteiger partial charge in [-0.15, -0.1) is 0 Å². The molecule has 0 aromatic carbocycles. The minimum Gasteiger partial charge on any atom is -0.481 e. The number of hydrogen-bond acceptors (Lipinski definition) is 1. The van der Waals surface area contributed by atoms with Gasteiger partial charge in [-0.3, -0.25) is 4.79 Å². The Morgan fingerprint density at radius 2 is 2.50 bits per heavy atom. The second kappa shape index (κ2) is 3.40. The second-order valence-electron chi connectivity index (χ2n) is 2.72. The van der Waals surface area contributed by atoms with E-state index in [0.29, 0.717) is 12.3 Å². The van der Waals surface area contributed by atoms with Gasteiger partial charge in [0.15, 0.2) is 0 Å². The highest BCUT2D eigenvalue weighted by Crippen LogP contribution is 2.19. The highest BCUT2D eigenvalue weighted by molar-refractivity contribution is 5.67. The van der Waals surface area contributed by atoms with Crippen molar-refractivity contribution >= 4 is 5.97 Å². The maximum absolute atomic E-state index is 10.2. The van der Waals surface area contributed by atoms with Crippen molar-refractivity contribution in [2.75, 3.05) is 0 Å². The fourth-order valence-corrected chi connectivity index (χ4v) is 1.28. The van der Waals surface area contributed by atoms with Crippen LogP contribution in [0.5, 0.6) is 0 Å². The molecule has 0 aromatic heterocycles. The Bertz CT molecular complexity index is 149. The maximum Gasteiger partial charge on any atom is 0.303 e. The topological polar surface area (TPSA) is 37.3 Å². The molecule has 0 aromatic rings. The minimum absolute atomic E-state index is 0.297. The van der Waals surface area contributed by atoms with Crippen molar-refractivity contribution in [2.45, 2.75) is 25.7 Å². The summed E-state index contributed by atoms with van der Waals surface area (Å²) in [5.41, 5.74) is 0. The van der Waals surface area contributed by atoms with Crippen molar-refractivity contribution in [1.29, 1.82) is 0 Å². The molecule has 56 valence electrons. The molecule has 1 aliphatic carbocycles. The van der Waals surface area contributed by atoms with Crippen LogP contribution in [0.3, 0.4) is 0 Å². The molecule has 2 heteroatoms. The summed E-state index contributed by atoms with van der Waals surface area (Å²) in [6.45, 7) is 0. The lowest BCUT2D eigenvalue weighted by atomic mass is 9.93. The molecule has 1 aliphatic rings. The van der Waals surface area contributed by atoms with Crippen LogP contribution in [0, 0.1) is 5.92 Å². The molecule has 1 atom stereocenters. The summed E-state index contributed by atoms with van der Waals surface area (Å²) in [5, 5.41) is 8.43. The molecule has 10 heavy (non-hydrogen) atoms. The summed E-state index contributed by atoms with van der Waals surface area (Å²) in [4.78, 5) is 10.2. The van der Waals surface area contributed by atoms with Gasteiger partial charge < -0.3 is 5.11 Å². The lowest BCUT2D eigenvalue weighted by Crippen LogP contribution is -2.07. The maximum atomic E-state index is 10.2. The quantitative estimate of drug-likeness (QED) is 0.594. The Balaban J connectivity index is 2.33. The van der Waals surface area contributed by atoms with Gasteiger partial charge in [0.2, 0.25) is 0 Å². The first-order valence-electron chi connectivity index (χ1n) is 3.67. The lowest BCUT2D eigenvalue weighted by Gasteiger charge is -2.12. The molecule has 0 saturated carbocycles. The summed E-state index contributed by atoms with van der Waals surface area (Å²) in [5.74, 6) is -0.386. The smallest absolute Gasteiger partial charge is 0.303 e. The molecule has 0 heterocycles. The Kier molecular flexibility index (Phi) is 2.49. The Morgan fingerprint density at radius 1 is 1.70 bits per heavy atom. The van der Waals surface area contributed by atoms with E-state index in [1.165, 1.54) is 0 Å². The first kappa shape index (κ1) is 7.32. The van der Waals surface area contributed by atoms with E-state index in [1.807, 2.05) is 6.08 Å². The van der Waals surface area contributed by atoms with Gasteiger partial charge in [-0.1, -0.05) is 12.2 Å². The van der Waals surface area contributed by atoms with Gasteiger partial charge in [0.05, 0.1) is 6.42 Å². The van der Waals surface area contributed by atoms with E-state index < -0.39 is 5.97 Å². The van der Waals surface area contributed by atoms with Crippen LogP contribution in [0.25, 0.3) is 0 Å². The molecule has 0 radical (unpaired) electrons. The van der Waals surface area contributed by atoms with Gasteiger partial charge >= 0.3 is 5.97 Å². The molecular formula is C8H12O2. The highest BCUT2D eigenvalue weighted by Gasteiger charge is 2.11. The zero-order valence-electron chi connectivity index (χ0n) is 5.92. The molecule has 0 bridgehead atoms. The molecule has 0 amide bonds. The van der Waals surface area contributed by atoms with Crippen LogP contribution in [0.2, 0.25) is 0 Å². The molecule has 1 N–H and O–H groups in total. The minimum atomic E-state index is -0.684. The van der Waals surface area contributed by atoms with Gasteiger partial charge in [-0.05, 0) is 25.2 Å². The van der Waals surface area contributed by atoms with Gasteiger partial charge in [0.1, 0.15) is 0 Å². The first-order chi connectivity index (χ1) is 4.79. The number of carboxylic acids is 1. The van der Waals surface area contributed by atoms with Crippen LogP contribution in [0.1, 0.15) is 25.7 Å². The first-order valence-corrected chi connectivity index (χ1v) is 3.67. The van der Waals surface area contributed by atoms with Crippen molar-refractivity contribution < 1.29 is 9.90 Å². The van der Waals surface area contributed by atoms with Gasteiger partial charge in [0, 0.05) is 0 Å².